The minimum atomic E-state index is -0.152. The highest BCUT2D eigenvalue weighted by molar-refractivity contribution is 5.22. The second-order valence-electron chi connectivity index (χ2n) is 5.79. The molecule has 1 fully saturated rings. The summed E-state index contributed by atoms with van der Waals surface area (Å²) in [6.07, 6.45) is 2.49. The second kappa shape index (κ2) is 6.49. The van der Waals surface area contributed by atoms with E-state index in [1.165, 1.54) is 18.4 Å². The van der Waals surface area contributed by atoms with Crippen molar-refractivity contribution >= 4 is 0 Å². The highest BCUT2D eigenvalue weighted by Crippen LogP contribution is 2.37. The molecule has 0 aromatic heterocycles. The van der Waals surface area contributed by atoms with Gasteiger partial charge in [0.05, 0.1) is 0 Å². The molecule has 106 valence electrons. The van der Waals surface area contributed by atoms with Crippen LogP contribution >= 0.6 is 0 Å². The fraction of sp³-hybridized carbons (Fsp3) is 0.625. The van der Waals surface area contributed by atoms with Crippen LogP contribution in [0.15, 0.2) is 24.3 Å². The van der Waals surface area contributed by atoms with Crippen LogP contribution in [0, 0.1) is 11.7 Å². The van der Waals surface area contributed by atoms with Gasteiger partial charge in [0.15, 0.2) is 0 Å². The van der Waals surface area contributed by atoms with E-state index in [2.05, 4.69) is 24.1 Å². The predicted octanol–water partition coefficient (Wildman–Crippen LogP) is 3.21. The van der Waals surface area contributed by atoms with Crippen molar-refractivity contribution in [2.24, 2.45) is 5.92 Å². The van der Waals surface area contributed by atoms with Crippen molar-refractivity contribution < 1.29 is 4.39 Å². The maximum atomic E-state index is 13.1. The van der Waals surface area contributed by atoms with Gasteiger partial charge in [-0.25, -0.2) is 4.39 Å². The van der Waals surface area contributed by atoms with Crippen LogP contribution in [0.4, 0.5) is 4.39 Å². The van der Waals surface area contributed by atoms with Crippen molar-refractivity contribution in [2.75, 3.05) is 20.1 Å². The first kappa shape index (κ1) is 14.5. The molecule has 1 aromatic rings. The molecule has 0 aliphatic carbocycles. The molecule has 2 rings (SSSR count). The Morgan fingerprint density at radius 2 is 2.00 bits per heavy atom. The number of halogens is 1. The number of benzene rings is 1. The van der Waals surface area contributed by atoms with Gasteiger partial charge in [-0.05, 0) is 70.4 Å². The Hall–Kier alpha value is -0.930. The Labute approximate surface area is 116 Å². The van der Waals surface area contributed by atoms with Gasteiger partial charge in [0.25, 0.3) is 0 Å². The zero-order valence-electron chi connectivity index (χ0n) is 12.2. The average molecular weight is 264 g/mol. The fourth-order valence-electron chi connectivity index (χ4n) is 3.28. The molecule has 1 N–H and O–H groups in total. The van der Waals surface area contributed by atoms with Crippen LogP contribution < -0.4 is 5.32 Å². The average Bonchev–Trinajstić information content (AvgIpc) is 2.40. The fourth-order valence-corrected chi connectivity index (χ4v) is 3.28. The summed E-state index contributed by atoms with van der Waals surface area (Å²) in [5.41, 5.74) is 1.25. The summed E-state index contributed by atoms with van der Waals surface area (Å²) in [6.45, 7) is 6.65. The van der Waals surface area contributed by atoms with Gasteiger partial charge in [0, 0.05) is 12.1 Å². The molecule has 0 bridgehead atoms. The minimum Gasteiger partial charge on any atom is -0.319 e. The Kier molecular flexibility index (Phi) is 4.94. The molecule has 2 atom stereocenters. The minimum absolute atomic E-state index is 0.152. The lowest BCUT2D eigenvalue weighted by Gasteiger charge is -2.44. The quantitative estimate of drug-likeness (QED) is 0.898. The van der Waals surface area contributed by atoms with E-state index < -0.39 is 0 Å². The van der Waals surface area contributed by atoms with Crippen molar-refractivity contribution in [3.8, 4) is 0 Å². The molecule has 1 aliphatic rings. The van der Waals surface area contributed by atoms with E-state index in [0.29, 0.717) is 18.0 Å². The summed E-state index contributed by atoms with van der Waals surface area (Å²) in [4.78, 5) is 2.55. The lowest BCUT2D eigenvalue weighted by Crippen LogP contribution is -2.45. The highest BCUT2D eigenvalue weighted by Gasteiger charge is 2.33. The van der Waals surface area contributed by atoms with Gasteiger partial charge in [-0.15, -0.1) is 0 Å². The third-order valence-electron chi connectivity index (χ3n) is 4.14. The number of nitrogens with one attached hydrogen (secondary N) is 1. The van der Waals surface area contributed by atoms with Gasteiger partial charge in [-0.3, -0.25) is 4.90 Å². The van der Waals surface area contributed by atoms with Crippen LogP contribution in [0.5, 0.6) is 0 Å². The molecule has 0 spiro atoms. The maximum Gasteiger partial charge on any atom is 0.123 e. The first-order valence-corrected chi connectivity index (χ1v) is 7.29. The molecule has 1 heterocycles. The molecule has 0 radical (unpaired) electrons. The molecular formula is C16H25FN2. The van der Waals surface area contributed by atoms with Gasteiger partial charge in [-0.2, -0.15) is 0 Å². The van der Waals surface area contributed by atoms with E-state index in [0.717, 1.165) is 13.1 Å². The normalized spacial score (nSPS) is 24.9. The van der Waals surface area contributed by atoms with E-state index in [1.807, 2.05) is 19.2 Å². The van der Waals surface area contributed by atoms with Gasteiger partial charge in [-0.1, -0.05) is 12.1 Å². The lowest BCUT2D eigenvalue weighted by atomic mass is 9.83. The number of likely N-dealkylation sites (tertiary alicyclic amines) is 1. The highest BCUT2D eigenvalue weighted by atomic mass is 19.1. The van der Waals surface area contributed by atoms with Gasteiger partial charge >= 0.3 is 0 Å². The molecule has 0 amide bonds. The molecular weight excluding hydrogens is 239 g/mol. The summed E-state index contributed by atoms with van der Waals surface area (Å²) in [5, 5.41) is 3.31. The van der Waals surface area contributed by atoms with Crippen LogP contribution in [0.3, 0.4) is 0 Å². The number of nitrogens with zero attached hydrogens (tertiary/aromatic N) is 1. The number of hydrogen-bond donors (Lipinski definition) is 1. The third-order valence-corrected chi connectivity index (χ3v) is 4.14. The van der Waals surface area contributed by atoms with Crippen molar-refractivity contribution in [1.82, 2.24) is 10.2 Å². The predicted molar refractivity (Wildman–Crippen MR) is 77.6 cm³/mol. The molecule has 19 heavy (non-hydrogen) atoms. The maximum absolute atomic E-state index is 13.1. The monoisotopic (exact) mass is 264 g/mol. The van der Waals surface area contributed by atoms with Crippen LogP contribution in [0.25, 0.3) is 0 Å². The Balaban J connectivity index is 2.28. The largest absolute Gasteiger partial charge is 0.319 e. The van der Waals surface area contributed by atoms with E-state index in [4.69, 9.17) is 0 Å². The number of piperidine rings is 1. The molecule has 1 aromatic carbocycles. The lowest BCUT2D eigenvalue weighted by molar-refractivity contribution is 0.0635. The Morgan fingerprint density at radius 3 is 2.58 bits per heavy atom. The van der Waals surface area contributed by atoms with E-state index in [9.17, 15) is 4.39 Å². The first-order valence-electron chi connectivity index (χ1n) is 7.29. The SMILES string of the molecule is CNCC1CCCN(C(C)C)C1c1ccc(F)cc1. The van der Waals surface area contributed by atoms with Crippen molar-refractivity contribution in [2.45, 2.75) is 38.8 Å². The van der Waals surface area contributed by atoms with Gasteiger partial charge in [0.1, 0.15) is 5.82 Å². The van der Waals surface area contributed by atoms with Crippen LogP contribution in [0.1, 0.15) is 38.3 Å². The first-order chi connectivity index (χ1) is 9.13. The summed E-state index contributed by atoms with van der Waals surface area (Å²) in [6, 6.07) is 7.99. The molecule has 3 heteroatoms. The summed E-state index contributed by atoms with van der Waals surface area (Å²) < 4.78 is 13.1. The number of rotatable bonds is 4. The zero-order chi connectivity index (χ0) is 13.8. The second-order valence-corrected chi connectivity index (χ2v) is 5.79. The zero-order valence-corrected chi connectivity index (χ0v) is 12.2. The van der Waals surface area contributed by atoms with Gasteiger partial charge in [0.2, 0.25) is 0 Å². The van der Waals surface area contributed by atoms with E-state index in [1.54, 1.807) is 12.1 Å². The van der Waals surface area contributed by atoms with Crippen LogP contribution in [-0.4, -0.2) is 31.1 Å². The molecule has 2 unspecified atom stereocenters. The molecule has 1 saturated heterocycles. The van der Waals surface area contributed by atoms with Crippen molar-refractivity contribution in [3.05, 3.63) is 35.6 Å². The van der Waals surface area contributed by atoms with Crippen LogP contribution in [0.2, 0.25) is 0 Å². The Morgan fingerprint density at radius 1 is 1.32 bits per heavy atom. The Bertz CT molecular complexity index is 386. The number of hydrogen-bond acceptors (Lipinski definition) is 2. The summed E-state index contributed by atoms with van der Waals surface area (Å²) >= 11 is 0. The molecule has 0 saturated carbocycles. The van der Waals surface area contributed by atoms with Crippen molar-refractivity contribution in [3.63, 3.8) is 0 Å². The van der Waals surface area contributed by atoms with Crippen LogP contribution in [-0.2, 0) is 0 Å². The van der Waals surface area contributed by atoms with E-state index in [-0.39, 0.29) is 5.82 Å². The third kappa shape index (κ3) is 3.34. The summed E-state index contributed by atoms with van der Waals surface area (Å²) in [7, 11) is 2.01. The topological polar surface area (TPSA) is 15.3 Å². The van der Waals surface area contributed by atoms with E-state index >= 15 is 0 Å². The smallest absolute Gasteiger partial charge is 0.123 e. The van der Waals surface area contributed by atoms with Crippen molar-refractivity contribution in [1.29, 1.82) is 0 Å². The molecule has 1 aliphatic heterocycles. The standard InChI is InChI=1S/C16H25FN2/c1-12(2)19-10-4-5-14(11-18-3)16(19)13-6-8-15(17)9-7-13/h6-9,12,14,16,18H,4-5,10-11H2,1-3H3. The summed E-state index contributed by atoms with van der Waals surface area (Å²) in [5.74, 6) is 0.451. The molecule has 2 nitrogen and oxygen atoms in total. The van der Waals surface area contributed by atoms with Gasteiger partial charge < -0.3 is 5.32 Å².